The Bertz CT molecular complexity index is 616. The fourth-order valence-corrected chi connectivity index (χ4v) is 2.37. The summed E-state index contributed by atoms with van der Waals surface area (Å²) in [7, 11) is 0. The van der Waals surface area contributed by atoms with E-state index < -0.39 is 0 Å². The minimum atomic E-state index is -0.337. The lowest BCUT2D eigenvalue weighted by Gasteiger charge is -2.15. The number of benzene rings is 2. The largest absolute Gasteiger partial charge is 0.306 e. The van der Waals surface area contributed by atoms with E-state index in [-0.39, 0.29) is 11.9 Å². The molecule has 0 aliphatic carbocycles. The lowest BCUT2D eigenvalue weighted by Crippen LogP contribution is -2.18. The summed E-state index contributed by atoms with van der Waals surface area (Å²) in [5.74, 6) is -0.337. The molecule has 0 saturated carbocycles. The monoisotopic (exact) mass is 331 g/mol. The minimum Gasteiger partial charge on any atom is -0.306 e. The lowest BCUT2D eigenvalue weighted by molar-refractivity contribution is 0.573. The van der Waals surface area contributed by atoms with E-state index in [4.69, 9.17) is 34.8 Å². The summed E-state index contributed by atoms with van der Waals surface area (Å²) in [5.41, 5.74) is 1.87. The molecule has 1 nitrogen and oxygen atoms in total. The van der Waals surface area contributed by atoms with Gasteiger partial charge in [0.1, 0.15) is 5.82 Å². The van der Waals surface area contributed by atoms with Crippen LogP contribution in [-0.2, 0) is 6.54 Å². The highest BCUT2D eigenvalue weighted by Gasteiger charge is 2.09. The van der Waals surface area contributed by atoms with Gasteiger partial charge in [-0.3, -0.25) is 0 Å². The summed E-state index contributed by atoms with van der Waals surface area (Å²) in [6, 6.07) is 9.96. The molecule has 106 valence electrons. The van der Waals surface area contributed by atoms with Crippen LogP contribution < -0.4 is 5.32 Å². The van der Waals surface area contributed by atoms with Crippen molar-refractivity contribution >= 4 is 34.8 Å². The highest BCUT2D eigenvalue weighted by Crippen LogP contribution is 2.26. The number of rotatable bonds is 4. The van der Waals surface area contributed by atoms with Gasteiger partial charge in [0, 0.05) is 17.6 Å². The molecule has 5 heteroatoms. The van der Waals surface area contributed by atoms with Crippen molar-refractivity contribution in [2.45, 2.75) is 19.5 Å². The number of hydrogen-bond donors (Lipinski definition) is 1. The van der Waals surface area contributed by atoms with E-state index in [1.165, 1.54) is 12.1 Å². The van der Waals surface area contributed by atoms with Gasteiger partial charge in [-0.2, -0.15) is 0 Å². The normalized spacial score (nSPS) is 12.4. The van der Waals surface area contributed by atoms with E-state index in [2.05, 4.69) is 5.32 Å². The third-order valence-electron chi connectivity index (χ3n) is 3.06. The molecule has 0 amide bonds. The highest BCUT2D eigenvalue weighted by molar-refractivity contribution is 6.42. The lowest BCUT2D eigenvalue weighted by atomic mass is 10.1. The zero-order valence-corrected chi connectivity index (χ0v) is 13.0. The maximum Gasteiger partial charge on any atom is 0.124 e. The fraction of sp³-hybridized carbons (Fsp3) is 0.200. The molecule has 0 heterocycles. The van der Waals surface area contributed by atoms with Crippen molar-refractivity contribution in [1.29, 1.82) is 0 Å². The molecule has 1 unspecified atom stereocenters. The molecule has 1 atom stereocenters. The maximum atomic E-state index is 13.0. The Kier molecular flexibility index (Phi) is 5.28. The number of halogens is 4. The van der Waals surface area contributed by atoms with Crippen molar-refractivity contribution in [2.24, 2.45) is 0 Å². The second-order valence-electron chi connectivity index (χ2n) is 4.51. The molecule has 0 aromatic heterocycles. The van der Waals surface area contributed by atoms with Crippen LogP contribution in [0.15, 0.2) is 36.4 Å². The highest BCUT2D eigenvalue weighted by atomic mass is 35.5. The van der Waals surface area contributed by atoms with Crippen LogP contribution >= 0.6 is 34.8 Å². The maximum absolute atomic E-state index is 13.0. The predicted molar refractivity (Wildman–Crippen MR) is 83.1 cm³/mol. The molecular formula is C15H13Cl3FN. The van der Waals surface area contributed by atoms with Gasteiger partial charge >= 0.3 is 0 Å². The number of nitrogens with one attached hydrogen (secondary N) is 1. The van der Waals surface area contributed by atoms with Crippen molar-refractivity contribution in [2.75, 3.05) is 0 Å². The van der Waals surface area contributed by atoms with Gasteiger partial charge in [-0.15, -0.1) is 0 Å². The van der Waals surface area contributed by atoms with Crippen LogP contribution in [0.5, 0.6) is 0 Å². The van der Waals surface area contributed by atoms with Crippen LogP contribution in [0, 0.1) is 5.82 Å². The first kappa shape index (κ1) is 15.6. The Morgan fingerprint density at radius 3 is 2.40 bits per heavy atom. The van der Waals surface area contributed by atoms with Gasteiger partial charge in [0.25, 0.3) is 0 Å². The first-order valence-corrected chi connectivity index (χ1v) is 7.23. The van der Waals surface area contributed by atoms with Crippen LogP contribution in [-0.4, -0.2) is 0 Å². The van der Waals surface area contributed by atoms with E-state index in [9.17, 15) is 4.39 Å². The van der Waals surface area contributed by atoms with E-state index in [1.54, 1.807) is 12.1 Å². The molecule has 1 N–H and O–H groups in total. The van der Waals surface area contributed by atoms with Crippen molar-refractivity contribution in [3.63, 3.8) is 0 Å². The predicted octanol–water partition coefficient (Wildman–Crippen LogP) is 5.64. The van der Waals surface area contributed by atoms with Crippen molar-refractivity contribution in [3.8, 4) is 0 Å². The first-order chi connectivity index (χ1) is 9.47. The second-order valence-corrected chi connectivity index (χ2v) is 5.73. The Labute approximate surface area is 132 Å². The van der Waals surface area contributed by atoms with Crippen LogP contribution in [0.3, 0.4) is 0 Å². The van der Waals surface area contributed by atoms with Gasteiger partial charge in [-0.05, 0) is 42.3 Å². The Morgan fingerprint density at radius 2 is 1.75 bits per heavy atom. The van der Waals surface area contributed by atoms with Crippen LogP contribution in [0.2, 0.25) is 15.1 Å². The molecule has 0 aliphatic heterocycles. The third kappa shape index (κ3) is 3.86. The van der Waals surface area contributed by atoms with Gasteiger partial charge in [-0.1, -0.05) is 46.9 Å². The minimum absolute atomic E-state index is 0.0749. The molecule has 0 saturated heterocycles. The molecule has 0 aliphatic rings. The molecular weight excluding hydrogens is 320 g/mol. The molecule has 0 radical (unpaired) electrons. The molecule has 2 aromatic rings. The second kappa shape index (κ2) is 6.77. The Balaban J connectivity index is 2.04. The summed E-state index contributed by atoms with van der Waals surface area (Å²) < 4.78 is 13.0. The van der Waals surface area contributed by atoms with Gasteiger partial charge in [0.15, 0.2) is 0 Å². The molecule has 2 rings (SSSR count). The SMILES string of the molecule is CC(NCc1ccc(F)cc1Cl)c1ccc(Cl)c(Cl)c1. The van der Waals surface area contributed by atoms with E-state index in [0.29, 0.717) is 21.6 Å². The Morgan fingerprint density at radius 1 is 1.00 bits per heavy atom. The smallest absolute Gasteiger partial charge is 0.124 e. The van der Waals surface area contributed by atoms with Gasteiger partial charge in [0.2, 0.25) is 0 Å². The quantitative estimate of drug-likeness (QED) is 0.764. The molecule has 0 fully saturated rings. The Hall–Kier alpha value is -0.800. The zero-order valence-electron chi connectivity index (χ0n) is 10.8. The van der Waals surface area contributed by atoms with E-state index in [1.807, 2.05) is 19.1 Å². The standard InChI is InChI=1S/C15H13Cl3FN/c1-9(10-3-5-13(16)15(18)6-10)20-8-11-2-4-12(19)7-14(11)17/h2-7,9,20H,8H2,1H3. The van der Waals surface area contributed by atoms with E-state index in [0.717, 1.165) is 11.1 Å². The van der Waals surface area contributed by atoms with Gasteiger partial charge in [0.05, 0.1) is 10.0 Å². The van der Waals surface area contributed by atoms with Crippen LogP contribution in [0.25, 0.3) is 0 Å². The van der Waals surface area contributed by atoms with Crippen molar-refractivity contribution in [3.05, 3.63) is 68.4 Å². The summed E-state index contributed by atoms with van der Waals surface area (Å²) >= 11 is 17.9. The molecule has 20 heavy (non-hydrogen) atoms. The average molecular weight is 333 g/mol. The van der Waals surface area contributed by atoms with Gasteiger partial charge in [-0.25, -0.2) is 4.39 Å². The van der Waals surface area contributed by atoms with Crippen LogP contribution in [0.4, 0.5) is 4.39 Å². The van der Waals surface area contributed by atoms with E-state index >= 15 is 0 Å². The average Bonchev–Trinajstić information content (AvgIpc) is 2.40. The summed E-state index contributed by atoms with van der Waals surface area (Å²) in [4.78, 5) is 0. The first-order valence-electron chi connectivity index (χ1n) is 6.09. The molecule has 0 spiro atoms. The fourth-order valence-electron chi connectivity index (χ4n) is 1.83. The summed E-state index contributed by atoms with van der Waals surface area (Å²) in [5, 5.41) is 4.79. The molecule has 2 aromatic carbocycles. The zero-order chi connectivity index (χ0) is 14.7. The van der Waals surface area contributed by atoms with Crippen molar-refractivity contribution < 1.29 is 4.39 Å². The summed E-state index contributed by atoms with van der Waals surface area (Å²) in [6.07, 6.45) is 0. The third-order valence-corrected chi connectivity index (χ3v) is 4.15. The molecule has 0 bridgehead atoms. The van der Waals surface area contributed by atoms with Gasteiger partial charge < -0.3 is 5.32 Å². The number of hydrogen-bond acceptors (Lipinski definition) is 1. The summed E-state index contributed by atoms with van der Waals surface area (Å²) in [6.45, 7) is 2.55. The topological polar surface area (TPSA) is 12.0 Å². The van der Waals surface area contributed by atoms with Crippen LogP contribution in [0.1, 0.15) is 24.1 Å². The van der Waals surface area contributed by atoms with Crippen molar-refractivity contribution in [1.82, 2.24) is 5.32 Å².